The summed E-state index contributed by atoms with van der Waals surface area (Å²) in [4.78, 5) is 23.4. The van der Waals surface area contributed by atoms with Crippen LogP contribution in [0.25, 0.3) is 0 Å². The Hall–Kier alpha value is -2.67. The number of nitrogens with zero attached hydrogens (tertiary/aromatic N) is 2. The number of benzene rings is 1. The summed E-state index contributed by atoms with van der Waals surface area (Å²) in [5.74, 6) is -1.21. The lowest BCUT2D eigenvalue weighted by atomic mass is 9.97. The zero-order chi connectivity index (χ0) is 17.8. The number of rotatable bonds is 6. The lowest BCUT2D eigenvalue weighted by Crippen LogP contribution is -2.26. The first kappa shape index (κ1) is 17.2. The highest BCUT2D eigenvalue weighted by atomic mass is 16.5. The lowest BCUT2D eigenvalue weighted by molar-refractivity contribution is -0.137. The van der Waals surface area contributed by atoms with Crippen LogP contribution in [0.15, 0.2) is 36.5 Å². The number of amides is 1. The normalized spacial score (nSPS) is 19.7. The molecule has 132 valence electrons. The number of aromatic nitrogens is 2. The molecule has 0 unspecified atom stereocenters. The Morgan fingerprint density at radius 1 is 1.40 bits per heavy atom. The minimum atomic E-state index is -0.837. The molecule has 2 heterocycles. The van der Waals surface area contributed by atoms with Gasteiger partial charge in [-0.3, -0.25) is 14.3 Å². The minimum absolute atomic E-state index is 0.0659. The van der Waals surface area contributed by atoms with Crippen LogP contribution in [0.3, 0.4) is 0 Å². The van der Waals surface area contributed by atoms with Gasteiger partial charge in [0, 0.05) is 32.0 Å². The molecule has 0 aliphatic carbocycles. The van der Waals surface area contributed by atoms with E-state index in [1.807, 2.05) is 31.3 Å². The van der Waals surface area contributed by atoms with Gasteiger partial charge in [0.1, 0.15) is 6.10 Å². The number of carboxylic acid groups (broad SMARTS) is 1. The van der Waals surface area contributed by atoms with E-state index in [0.717, 1.165) is 11.3 Å². The summed E-state index contributed by atoms with van der Waals surface area (Å²) in [7, 11) is 1.83. The summed E-state index contributed by atoms with van der Waals surface area (Å²) in [6.45, 7) is 0.534. The predicted octanol–water partition coefficient (Wildman–Crippen LogP) is 2.15. The maximum atomic E-state index is 12.7. The molecular weight excluding hydrogens is 322 g/mol. The zero-order valence-corrected chi connectivity index (χ0v) is 14.0. The zero-order valence-electron chi connectivity index (χ0n) is 14.0. The highest BCUT2D eigenvalue weighted by molar-refractivity contribution is 5.93. The summed E-state index contributed by atoms with van der Waals surface area (Å²) < 4.78 is 7.48. The second-order valence-electron chi connectivity index (χ2n) is 6.15. The molecule has 2 N–H and O–H groups in total. The van der Waals surface area contributed by atoms with E-state index in [1.165, 1.54) is 0 Å². The second kappa shape index (κ2) is 7.48. The van der Waals surface area contributed by atoms with Gasteiger partial charge in [-0.05, 0) is 36.6 Å². The molecule has 1 aliphatic heterocycles. The number of carboxylic acids is 1. The van der Waals surface area contributed by atoms with Gasteiger partial charge in [-0.2, -0.15) is 5.10 Å². The van der Waals surface area contributed by atoms with Crippen LogP contribution in [0.5, 0.6) is 0 Å². The molecule has 2 aromatic rings. The third-order valence-electron chi connectivity index (χ3n) is 4.40. The number of aliphatic carboxylic acids is 1. The van der Waals surface area contributed by atoms with Gasteiger partial charge >= 0.3 is 5.97 Å². The van der Waals surface area contributed by atoms with Crippen LogP contribution in [-0.4, -0.2) is 33.4 Å². The van der Waals surface area contributed by atoms with E-state index < -0.39 is 5.97 Å². The van der Waals surface area contributed by atoms with Gasteiger partial charge in [0.15, 0.2) is 0 Å². The van der Waals surface area contributed by atoms with Crippen molar-refractivity contribution in [3.63, 3.8) is 0 Å². The average Bonchev–Trinajstić information content (AvgIpc) is 3.21. The summed E-state index contributed by atoms with van der Waals surface area (Å²) in [5, 5.41) is 15.9. The van der Waals surface area contributed by atoms with Crippen LogP contribution in [0.1, 0.15) is 30.2 Å². The van der Waals surface area contributed by atoms with E-state index in [4.69, 9.17) is 9.84 Å². The number of hydrogen-bond acceptors (Lipinski definition) is 4. The van der Waals surface area contributed by atoms with E-state index in [-0.39, 0.29) is 24.3 Å². The van der Waals surface area contributed by atoms with Gasteiger partial charge in [-0.25, -0.2) is 0 Å². The largest absolute Gasteiger partial charge is 0.481 e. The van der Waals surface area contributed by atoms with E-state index in [0.29, 0.717) is 25.1 Å². The number of carbonyl (C=O) groups is 2. The molecule has 1 amide bonds. The Balaban J connectivity index is 1.68. The van der Waals surface area contributed by atoms with E-state index in [9.17, 15) is 9.59 Å². The van der Waals surface area contributed by atoms with Crippen LogP contribution >= 0.6 is 0 Å². The summed E-state index contributed by atoms with van der Waals surface area (Å²) >= 11 is 0. The van der Waals surface area contributed by atoms with Crippen molar-refractivity contribution in [2.45, 2.75) is 25.4 Å². The minimum Gasteiger partial charge on any atom is -0.481 e. The molecule has 0 bridgehead atoms. The van der Waals surface area contributed by atoms with Crippen LogP contribution in [0.2, 0.25) is 0 Å². The molecule has 7 heteroatoms. The van der Waals surface area contributed by atoms with Crippen molar-refractivity contribution < 1.29 is 19.4 Å². The van der Waals surface area contributed by atoms with E-state index in [1.54, 1.807) is 16.9 Å². The molecule has 25 heavy (non-hydrogen) atoms. The maximum absolute atomic E-state index is 12.7. The van der Waals surface area contributed by atoms with Crippen molar-refractivity contribution in [3.05, 3.63) is 47.8 Å². The van der Waals surface area contributed by atoms with Crippen molar-refractivity contribution in [1.29, 1.82) is 0 Å². The summed E-state index contributed by atoms with van der Waals surface area (Å²) in [5.41, 5.74) is 2.43. The molecule has 1 saturated heterocycles. The fourth-order valence-corrected chi connectivity index (χ4v) is 3.10. The third kappa shape index (κ3) is 4.06. The molecule has 0 spiro atoms. The van der Waals surface area contributed by atoms with Crippen molar-refractivity contribution in [2.24, 2.45) is 13.0 Å². The van der Waals surface area contributed by atoms with Crippen LogP contribution in [0, 0.1) is 5.92 Å². The fourth-order valence-electron chi connectivity index (χ4n) is 3.10. The Morgan fingerprint density at radius 3 is 2.96 bits per heavy atom. The molecule has 0 radical (unpaired) electrons. The Morgan fingerprint density at radius 2 is 2.24 bits per heavy atom. The van der Waals surface area contributed by atoms with Gasteiger partial charge < -0.3 is 15.2 Å². The van der Waals surface area contributed by atoms with Crippen LogP contribution < -0.4 is 5.32 Å². The van der Waals surface area contributed by atoms with Gasteiger partial charge in [0.05, 0.1) is 11.6 Å². The van der Waals surface area contributed by atoms with Gasteiger partial charge in [0.25, 0.3) is 0 Å². The lowest BCUT2D eigenvalue weighted by Gasteiger charge is -2.18. The number of anilines is 1. The Kier molecular flexibility index (Phi) is 5.14. The number of nitrogens with one attached hydrogen (secondary N) is 1. The Labute approximate surface area is 145 Å². The van der Waals surface area contributed by atoms with Crippen LogP contribution in [-0.2, 0) is 27.8 Å². The molecule has 7 nitrogen and oxygen atoms in total. The number of hydrogen-bond donors (Lipinski definition) is 2. The average molecular weight is 343 g/mol. The van der Waals surface area contributed by atoms with Crippen LogP contribution in [0.4, 0.5) is 5.69 Å². The van der Waals surface area contributed by atoms with Gasteiger partial charge in [-0.15, -0.1) is 0 Å². The SMILES string of the molecule is Cn1nccc1[C@@H]1OCC[C@H]1C(=O)Nc1cccc(CCC(=O)O)c1. The van der Waals surface area contributed by atoms with Gasteiger partial charge in [0.2, 0.25) is 5.91 Å². The van der Waals surface area contributed by atoms with Crippen molar-refractivity contribution in [3.8, 4) is 0 Å². The van der Waals surface area contributed by atoms with E-state index >= 15 is 0 Å². The number of aryl methyl sites for hydroxylation is 2. The maximum Gasteiger partial charge on any atom is 0.303 e. The van der Waals surface area contributed by atoms with Crippen molar-refractivity contribution in [1.82, 2.24) is 9.78 Å². The third-order valence-corrected chi connectivity index (χ3v) is 4.40. The highest BCUT2D eigenvalue weighted by Crippen LogP contribution is 2.35. The quantitative estimate of drug-likeness (QED) is 0.838. The Bertz CT molecular complexity index is 771. The molecule has 3 rings (SSSR count). The second-order valence-corrected chi connectivity index (χ2v) is 6.15. The first-order valence-electron chi connectivity index (χ1n) is 8.25. The highest BCUT2D eigenvalue weighted by Gasteiger charge is 2.36. The predicted molar refractivity (Wildman–Crippen MR) is 91.0 cm³/mol. The molecule has 0 saturated carbocycles. The molecular formula is C18H21N3O4. The molecule has 1 aliphatic rings. The number of carbonyl (C=O) groups excluding carboxylic acids is 1. The fraction of sp³-hybridized carbons (Fsp3) is 0.389. The first-order valence-corrected chi connectivity index (χ1v) is 8.25. The van der Waals surface area contributed by atoms with E-state index in [2.05, 4.69) is 10.4 Å². The van der Waals surface area contributed by atoms with Crippen molar-refractivity contribution >= 4 is 17.6 Å². The summed E-state index contributed by atoms with van der Waals surface area (Å²) in [6, 6.07) is 9.15. The molecule has 1 aromatic heterocycles. The standard InChI is InChI=1S/C18H21N3O4/c1-21-15(7-9-19-21)17-14(8-10-25-17)18(24)20-13-4-2-3-12(11-13)5-6-16(22)23/h2-4,7,9,11,14,17H,5-6,8,10H2,1H3,(H,20,24)(H,22,23)/t14-,17-/m1/s1. The monoisotopic (exact) mass is 343 g/mol. The summed E-state index contributed by atoms with van der Waals surface area (Å²) in [6.07, 6.45) is 2.54. The van der Waals surface area contributed by atoms with Crippen molar-refractivity contribution in [2.75, 3.05) is 11.9 Å². The smallest absolute Gasteiger partial charge is 0.303 e. The molecule has 2 atom stereocenters. The first-order chi connectivity index (χ1) is 12.0. The molecule has 1 aromatic carbocycles. The topological polar surface area (TPSA) is 93.5 Å². The van der Waals surface area contributed by atoms with Gasteiger partial charge in [-0.1, -0.05) is 12.1 Å². The number of ether oxygens (including phenoxy) is 1. The molecule has 1 fully saturated rings.